The van der Waals surface area contributed by atoms with Crippen molar-refractivity contribution in [2.24, 2.45) is 5.73 Å². The van der Waals surface area contributed by atoms with E-state index in [4.69, 9.17) is 10.2 Å². The Hall–Kier alpha value is -1.50. The Morgan fingerprint density at radius 2 is 2.14 bits per heavy atom. The summed E-state index contributed by atoms with van der Waals surface area (Å²) >= 11 is 1.68. The number of hydrogen-bond acceptors (Lipinski definition) is 5. The number of carbonyl (C=O) groups excluding carboxylic acids is 1. The molecule has 0 aliphatic rings. The van der Waals surface area contributed by atoms with Crippen molar-refractivity contribution >= 4 is 30.1 Å². The molecule has 0 fully saturated rings. The lowest BCUT2D eigenvalue weighted by Gasteiger charge is -2.10. The van der Waals surface area contributed by atoms with Gasteiger partial charge in [0.25, 0.3) is 0 Å². The molecule has 0 unspecified atom stereocenters. The van der Waals surface area contributed by atoms with Crippen molar-refractivity contribution < 1.29 is 9.21 Å². The van der Waals surface area contributed by atoms with E-state index in [1.807, 2.05) is 36.6 Å². The Morgan fingerprint density at radius 1 is 1.41 bits per heavy atom. The predicted octanol–water partition coefficient (Wildman–Crippen LogP) is 2.46. The molecule has 120 valence electrons. The molecule has 0 bridgehead atoms. The van der Waals surface area contributed by atoms with Crippen LogP contribution in [-0.2, 0) is 11.3 Å². The normalized spacial score (nSPS) is 11.5. The van der Waals surface area contributed by atoms with Gasteiger partial charge in [0.2, 0.25) is 11.8 Å². The Labute approximate surface area is 140 Å². The lowest BCUT2D eigenvalue weighted by atomic mass is 10.2. The van der Waals surface area contributed by atoms with Crippen molar-refractivity contribution in [3.8, 4) is 11.5 Å². The number of nitrogens with two attached hydrogens (primary N) is 1. The van der Waals surface area contributed by atoms with E-state index in [2.05, 4.69) is 10.3 Å². The zero-order chi connectivity index (χ0) is 15.1. The fourth-order valence-corrected chi connectivity index (χ4v) is 2.28. The largest absolute Gasteiger partial charge is 0.444 e. The van der Waals surface area contributed by atoms with Gasteiger partial charge >= 0.3 is 0 Å². The van der Waals surface area contributed by atoms with Crippen LogP contribution in [-0.4, -0.2) is 28.9 Å². The highest BCUT2D eigenvalue weighted by Gasteiger charge is 2.13. The minimum absolute atomic E-state index is 0. The average molecular weight is 342 g/mol. The van der Waals surface area contributed by atoms with E-state index in [0.717, 1.165) is 11.3 Å². The van der Waals surface area contributed by atoms with Crippen LogP contribution in [0.1, 0.15) is 12.1 Å². The number of oxazole rings is 1. The van der Waals surface area contributed by atoms with E-state index in [1.165, 1.54) is 0 Å². The average Bonchev–Trinajstić information content (AvgIpc) is 3.00. The number of nitrogens with one attached hydrogen (secondary N) is 1. The summed E-state index contributed by atoms with van der Waals surface area (Å²) in [6.07, 6.45) is 4.21. The van der Waals surface area contributed by atoms with Gasteiger partial charge in [-0.15, -0.1) is 12.4 Å². The Morgan fingerprint density at radius 3 is 2.82 bits per heavy atom. The molecule has 0 radical (unpaired) electrons. The third kappa shape index (κ3) is 5.36. The van der Waals surface area contributed by atoms with Crippen molar-refractivity contribution in [1.29, 1.82) is 0 Å². The monoisotopic (exact) mass is 341 g/mol. The van der Waals surface area contributed by atoms with Gasteiger partial charge < -0.3 is 15.5 Å². The molecule has 2 rings (SSSR count). The molecule has 22 heavy (non-hydrogen) atoms. The van der Waals surface area contributed by atoms with Gasteiger partial charge in [-0.25, -0.2) is 4.98 Å². The summed E-state index contributed by atoms with van der Waals surface area (Å²) in [6, 6.07) is 9.15. The van der Waals surface area contributed by atoms with Crippen molar-refractivity contribution in [2.45, 2.75) is 19.0 Å². The highest BCUT2D eigenvalue weighted by Crippen LogP contribution is 2.17. The molecule has 0 aliphatic carbocycles. The molecular weight excluding hydrogens is 322 g/mol. The van der Waals surface area contributed by atoms with Crippen LogP contribution in [0.25, 0.3) is 11.5 Å². The molecule has 1 atom stereocenters. The zero-order valence-corrected chi connectivity index (χ0v) is 14.0. The fourth-order valence-electron chi connectivity index (χ4n) is 1.79. The van der Waals surface area contributed by atoms with Crippen LogP contribution in [0.4, 0.5) is 0 Å². The summed E-state index contributed by atoms with van der Waals surface area (Å²) in [5, 5.41) is 2.78. The first-order chi connectivity index (χ1) is 10.2. The standard InChI is InChI=1S/C15H19N3O2S.ClH/c1-21-8-7-13(16)14(19)17-9-12-10-20-15(18-12)11-5-3-2-4-6-11;/h2-6,10,13H,7-9,16H2,1H3,(H,17,19);1H/t13-;/m0./s1. The summed E-state index contributed by atoms with van der Waals surface area (Å²) in [5.74, 6) is 1.26. The minimum Gasteiger partial charge on any atom is -0.444 e. The molecule has 1 aromatic carbocycles. The second-order valence-electron chi connectivity index (χ2n) is 4.62. The van der Waals surface area contributed by atoms with E-state index in [0.29, 0.717) is 24.6 Å². The number of benzene rings is 1. The Kier molecular flexibility index (Phi) is 8.01. The summed E-state index contributed by atoms with van der Waals surface area (Å²) in [5.41, 5.74) is 7.38. The number of nitrogens with zero attached hydrogens (tertiary/aromatic N) is 1. The fraction of sp³-hybridized carbons (Fsp3) is 0.333. The summed E-state index contributed by atoms with van der Waals surface area (Å²) in [4.78, 5) is 16.1. The number of aromatic nitrogens is 1. The van der Waals surface area contributed by atoms with E-state index in [1.54, 1.807) is 18.0 Å². The molecular formula is C15H20ClN3O2S. The second-order valence-corrected chi connectivity index (χ2v) is 5.60. The summed E-state index contributed by atoms with van der Waals surface area (Å²) in [6.45, 7) is 0.322. The maximum atomic E-state index is 11.8. The highest BCUT2D eigenvalue weighted by molar-refractivity contribution is 7.98. The van der Waals surface area contributed by atoms with E-state index in [-0.39, 0.29) is 18.3 Å². The van der Waals surface area contributed by atoms with Gasteiger partial charge in [0, 0.05) is 5.56 Å². The maximum absolute atomic E-state index is 11.8. The molecule has 1 heterocycles. The quantitative estimate of drug-likeness (QED) is 0.808. The number of carbonyl (C=O) groups is 1. The first-order valence-corrected chi connectivity index (χ1v) is 8.12. The minimum atomic E-state index is -0.474. The number of halogens is 1. The summed E-state index contributed by atoms with van der Waals surface area (Å²) in [7, 11) is 0. The van der Waals surface area contributed by atoms with Crippen molar-refractivity contribution in [3.63, 3.8) is 0 Å². The second kappa shape index (κ2) is 9.50. The molecule has 0 aliphatic heterocycles. The van der Waals surface area contributed by atoms with Gasteiger partial charge in [0.05, 0.1) is 18.3 Å². The molecule has 0 spiro atoms. The molecule has 3 N–H and O–H groups in total. The number of hydrogen-bond donors (Lipinski definition) is 2. The van der Waals surface area contributed by atoms with Gasteiger partial charge in [-0.1, -0.05) is 18.2 Å². The molecule has 7 heteroatoms. The number of thioether (sulfide) groups is 1. The van der Waals surface area contributed by atoms with Crippen LogP contribution < -0.4 is 11.1 Å². The van der Waals surface area contributed by atoms with Gasteiger partial charge in [-0.05, 0) is 30.6 Å². The number of rotatable bonds is 7. The van der Waals surface area contributed by atoms with Gasteiger partial charge in [-0.3, -0.25) is 4.79 Å². The van der Waals surface area contributed by atoms with Crippen molar-refractivity contribution in [2.75, 3.05) is 12.0 Å². The Bertz CT molecular complexity index is 577. The van der Waals surface area contributed by atoms with E-state index < -0.39 is 6.04 Å². The van der Waals surface area contributed by atoms with Gasteiger partial charge in [0.15, 0.2) is 0 Å². The lowest BCUT2D eigenvalue weighted by Crippen LogP contribution is -2.40. The molecule has 0 saturated heterocycles. The topological polar surface area (TPSA) is 81.2 Å². The first kappa shape index (κ1) is 18.5. The smallest absolute Gasteiger partial charge is 0.237 e. The van der Waals surface area contributed by atoms with Crippen LogP contribution in [0.2, 0.25) is 0 Å². The van der Waals surface area contributed by atoms with E-state index in [9.17, 15) is 4.79 Å². The summed E-state index contributed by atoms with van der Waals surface area (Å²) < 4.78 is 5.41. The molecule has 1 amide bonds. The SMILES string of the molecule is CSCC[C@H](N)C(=O)NCc1coc(-c2ccccc2)n1.Cl. The van der Waals surface area contributed by atoms with Crippen molar-refractivity contribution in [3.05, 3.63) is 42.3 Å². The maximum Gasteiger partial charge on any atom is 0.237 e. The predicted molar refractivity (Wildman–Crippen MR) is 92.0 cm³/mol. The van der Waals surface area contributed by atoms with Crippen LogP contribution in [0.3, 0.4) is 0 Å². The van der Waals surface area contributed by atoms with Gasteiger partial charge in [0.1, 0.15) is 6.26 Å². The van der Waals surface area contributed by atoms with Crippen LogP contribution in [0.5, 0.6) is 0 Å². The molecule has 5 nitrogen and oxygen atoms in total. The van der Waals surface area contributed by atoms with Crippen molar-refractivity contribution in [1.82, 2.24) is 10.3 Å². The van der Waals surface area contributed by atoms with Gasteiger partial charge in [-0.2, -0.15) is 11.8 Å². The van der Waals surface area contributed by atoms with E-state index >= 15 is 0 Å². The Balaban J connectivity index is 0.00000242. The van der Waals surface area contributed by atoms with Crippen LogP contribution in [0, 0.1) is 0 Å². The van der Waals surface area contributed by atoms with Crippen LogP contribution in [0.15, 0.2) is 41.0 Å². The third-order valence-electron chi connectivity index (χ3n) is 2.99. The lowest BCUT2D eigenvalue weighted by molar-refractivity contribution is -0.122. The third-order valence-corrected chi connectivity index (χ3v) is 3.63. The zero-order valence-electron chi connectivity index (χ0n) is 12.3. The van der Waals surface area contributed by atoms with Crippen LogP contribution >= 0.6 is 24.2 Å². The highest BCUT2D eigenvalue weighted by atomic mass is 35.5. The first-order valence-electron chi connectivity index (χ1n) is 6.72. The molecule has 0 saturated carbocycles. The molecule has 2 aromatic rings. The molecule has 1 aromatic heterocycles. The number of amides is 1.